The molecule has 0 aromatic heterocycles. The number of anilines is 1. The topological polar surface area (TPSA) is 387 Å². The molecule has 0 bridgehead atoms. The van der Waals surface area contributed by atoms with Gasteiger partial charge in [-0.1, -0.05) is 147 Å². The average molecular weight is 1620 g/mol. The van der Waals surface area contributed by atoms with Crippen LogP contribution >= 0.6 is 0 Å². The zero-order valence-electron chi connectivity index (χ0n) is 70.1. The fraction of sp³-hybridized carbons (Fsp3) is 0.593. The van der Waals surface area contributed by atoms with Gasteiger partial charge in [-0.25, -0.2) is 9.59 Å². The monoisotopic (exact) mass is 1610 g/mol. The molecule has 0 saturated carbocycles. The van der Waals surface area contributed by atoms with Crippen molar-refractivity contribution in [2.75, 3.05) is 99.1 Å². The summed E-state index contributed by atoms with van der Waals surface area (Å²) in [5.41, 5.74) is 10.4. The van der Waals surface area contributed by atoms with Crippen LogP contribution in [0.2, 0.25) is 0 Å². The molecule has 3 aliphatic rings. The molecule has 638 valence electrons. The molecule has 10 N–H and O–H groups in total. The molecule has 0 radical (unpaired) electrons. The van der Waals surface area contributed by atoms with Crippen LogP contribution in [-0.2, 0) is 78.1 Å². The van der Waals surface area contributed by atoms with Crippen LogP contribution < -0.4 is 47.9 Å². The second-order valence-corrected chi connectivity index (χ2v) is 31.0. The zero-order valence-corrected chi connectivity index (χ0v) is 70.1. The number of benzene rings is 3. The Morgan fingerprint density at radius 3 is 1.91 bits per heavy atom. The van der Waals surface area contributed by atoms with Crippen molar-refractivity contribution < 1.29 is 86.3 Å². The maximum absolute atomic E-state index is 14.9. The number of carbonyl (C=O) groups excluding carboxylic acids is 11. The Hall–Kier alpha value is -9.77. The predicted molar refractivity (Wildman–Crippen MR) is 438 cm³/mol. The Bertz CT molecular complexity index is 3880. The van der Waals surface area contributed by atoms with Crippen LogP contribution in [0.4, 0.5) is 15.3 Å². The van der Waals surface area contributed by atoms with Crippen LogP contribution in [0.25, 0.3) is 0 Å². The molecular formula is C86H126N12O18. The molecule has 116 heavy (non-hydrogen) atoms. The van der Waals surface area contributed by atoms with E-state index in [1.54, 1.807) is 101 Å². The van der Waals surface area contributed by atoms with Crippen LogP contribution in [0, 0.1) is 41.4 Å². The third kappa shape index (κ3) is 29.1. The van der Waals surface area contributed by atoms with E-state index in [1.165, 1.54) is 26.2 Å². The number of nitrogens with zero attached hydrogens (tertiary/aromatic N) is 4. The molecule has 1 aliphatic carbocycles. The van der Waals surface area contributed by atoms with Crippen molar-refractivity contribution >= 4 is 71.0 Å². The highest BCUT2D eigenvalue weighted by atomic mass is 16.6. The van der Waals surface area contributed by atoms with E-state index in [-0.39, 0.29) is 127 Å². The Balaban J connectivity index is 0.924. The number of allylic oxidation sites excluding steroid dienone is 3. The second-order valence-electron chi connectivity index (χ2n) is 31.0. The first-order valence-corrected chi connectivity index (χ1v) is 40.6. The maximum Gasteiger partial charge on any atom is 0.410 e. The summed E-state index contributed by atoms with van der Waals surface area (Å²) in [5.74, 6) is 0.594. The summed E-state index contributed by atoms with van der Waals surface area (Å²) in [4.78, 5) is 156. The third-order valence-corrected chi connectivity index (χ3v) is 21.4. The molecule has 30 heteroatoms. The normalized spacial score (nSPS) is 16.7. The summed E-state index contributed by atoms with van der Waals surface area (Å²) in [7, 11) is 6.11. The number of methoxy groups -OCH3 is 2. The maximum atomic E-state index is 14.9. The third-order valence-electron chi connectivity index (χ3n) is 21.4. The molecule has 3 aromatic carbocycles. The van der Waals surface area contributed by atoms with E-state index < -0.39 is 126 Å². The number of nitrogens with one attached hydrogen (secondary N) is 7. The zero-order chi connectivity index (χ0) is 85.1. The lowest BCUT2D eigenvalue weighted by Gasteiger charge is -2.41. The largest absolute Gasteiger partial charge is 0.445 e. The smallest absolute Gasteiger partial charge is 0.410 e. The number of hydrogen-bond acceptors (Lipinski definition) is 18. The Morgan fingerprint density at radius 1 is 0.629 bits per heavy atom. The number of likely N-dealkylation sites (tertiary alicyclic amines) is 1. The minimum Gasteiger partial charge on any atom is -0.445 e. The minimum atomic E-state index is -1.10. The number of aliphatic hydroxyl groups excluding tert-OH is 1. The van der Waals surface area contributed by atoms with Crippen LogP contribution in [0.15, 0.2) is 102 Å². The molecule has 30 nitrogen and oxygen atoms in total. The van der Waals surface area contributed by atoms with Crippen LogP contribution in [0.5, 0.6) is 0 Å². The SMILES string of the molecule is CC[C@H](C)[C@@H]([C@@H](CC(=O)N1CCC[C@H]1[C@H](OC)[C@@H](C)C(=O)N[C@H](C)[C@@H](O)c1ccccc1)OC)N(C)C(=O)[C@@H](NC(=O)[C@H](C(C)C)N(C)C(=O)OCC1=CC=C(NC(=O)[C@H](CCCNC(N)=O)NC(=O)[C@@H](NC(=O)CCOCCOCCOCCNC(=O)CCC(=O)N2Cc3ccccc3C#Cc3ccccc32)C(C)C)CC1)C(C)C. The first-order chi connectivity index (χ1) is 55.4. The highest BCUT2D eigenvalue weighted by Crippen LogP contribution is 2.32. The van der Waals surface area contributed by atoms with Gasteiger partial charge in [-0.3, -0.25) is 48.1 Å². The minimum absolute atomic E-state index is 0.00794. The lowest BCUT2D eigenvalue weighted by atomic mass is 9.89. The fourth-order valence-corrected chi connectivity index (χ4v) is 14.5. The first-order valence-electron chi connectivity index (χ1n) is 40.6. The van der Waals surface area contributed by atoms with Crippen molar-refractivity contribution in [2.24, 2.45) is 35.3 Å². The van der Waals surface area contributed by atoms with Crippen LogP contribution in [0.3, 0.4) is 0 Å². The van der Waals surface area contributed by atoms with Crippen LogP contribution in [0.1, 0.15) is 168 Å². The van der Waals surface area contributed by atoms with Gasteiger partial charge in [0.2, 0.25) is 53.2 Å². The second kappa shape index (κ2) is 48.7. The number of aliphatic hydroxyl groups is 1. The summed E-state index contributed by atoms with van der Waals surface area (Å²) >= 11 is 0. The van der Waals surface area contributed by atoms with E-state index in [2.05, 4.69) is 49.1 Å². The molecular weight excluding hydrogens is 1490 g/mol. The number of amides is 12. The van der Waals surface area contributed by atoms with E-state index in [9.17, 15) is 57.8 Å². The lowest BCUT2D eigenvalue weighted by molar-refractivity contribution is -0.148. The molecule has 3 aromatic rings. The van der Waals surface area contributed by atoms with Gasteiger partial charge in [0.1, 0.15) is 30.8 Å². The van der Waals surface area contributed by atoms with Crippen molar-refractivity contribution in [2.45, 2.75) is 207 Å². The van der Waals surface area contributed by atoms with Crippen molar-refractivity contribution in [3.8, 4) is 11.8 Å². The van der Waals surface area contributed by atoms with Crippen LogP contribution in [-0.4, -0.2) is 234 Å². The van der Waals surface area contributed by atoms with E-state index in [1.807, 2.05) is 80.6 Å². The van der Waals surface area contributed by atoms with Gasteiger partial charge in [0.25, 0.3) is 0 Å². The molecule has 1 fully saturated rings. The highest BCUT2D eigenvalue weighted by molar-refractivity contribution is 5.97. The molecule has 0 spiro atoms. The van der Waals surface area contributed by atoms with Gasteiger partial charge in [-0.05, 0) is 110 Å². The summed E-state index contributed by atoms with van der Waals surface area (Å²) in [5, 5.41) is 30.6. The first kappa shape index (κ1) is 95.1. The quantitative estimate of drug-likeness (QED) is 0.0216. The molecule has 0 unspecified atom stereocenters. The molecule has 2 aliphatic heterocycles. The Kier molecular flexibility index (Phi) is 39.9. The van der Waals surface area contributed by atoms with Gasteiger partial charge in [0.15, 0.2) is 0 Å². The standard InChI is InChI=1S/C86H126N12O18/c1-15-57(8)77(69(111-13)51-73(102)97-44-24-32-68(97)79(112-14)58(9)80(104)90-59(10)78(103)63-27-17-16-18-28-63)95(11)84(108)75(55(4)5)94-83(107)76(56(6)7)96(12)86(110)116-53-60-33-37-65(38-34-60)91-81(105)66(30-23-42-89-85(87)109)92-82(106)74(54(2)3)93-71(100)41-45-113-47-49-115-50-48-114-46-43-88-70(99)39-40-72(101)98-52-64-29-20-19-25-61(64)35-36-62-26-21-22-31-67(62)98/h16-22,25-29,31,33,37,54-59,66,68-69,74-79,103H,15,23-24,30,32,34,38-53H2,1-14H3,(H,88,99)(H,90,104)(H,91,105)(H,92,106)(H,93,100)(H,94,107)(H3,87,89,109)/t57-,58+,59+,66-,68-,69+,74-,75-,76-,77-,78+,79+/m0/s1. The lowest BCUT2D eigenvalue weighted by Crippen LogP contribution is -2.60. The van der Waals surface area contributed by atoms with Gasteiger partial charge in [0.05, 0.1) is 101 Å². The number of nitrogens with two attached hydrogens (primary N) is 1. The summed E-state index contributed by atoms with van der Waals surface area (Å²) < 4.78 is 34.7. The number of likely N-dealkylation sites (N-methyl/N-ethyl adjacent to an activating group) is 2. The highest BCUT2D eigenvalue weighted by Gasteiger charge is 2.44. The van der Waals surface area contributed by atoms with Gasteiger partial charge in [-0.15, -0.1) is 0 Å². The Labute approximate surface area is 683 Å². The number of carbonyl (C=O) groups is 11. The van der Waals surface area contributed by atoms with Crippen molar-refractivity contribution in [3.05, 3.63) is 125 Å². The number of fused-ring (bicyclic) bond motifs is 2. The number of hydrogen-bond donors (Lipinski definition) is 9. The molecule has 12 amide bonds. The molecule has 2 heterocycles. The van der Waals surface area contributed by atoms with E-state index in [0.29, 0.717) is 67.7 Å². The number of para-hydroxylation sites is 1. The Morgan fingerprint density at radius 2 is 1.28 bits per heavy atom. The number of urea groups is 1. The van der Waals surface area contributed by atoms with Gasteiger partial charge in [0, 0.05) is 84.0 Å². The van der Waals surface area contributed by atoms with E-state index >= 15 is 0 Å². The predicted octanol–water partition coefficient (Wildman–Crippen LogP) is 6.46. The molecule has 12 atom stereocenters. The summed E-state index contributed by atoms with van der Waals surface area (Å²) in [6, 6.07) is 17.5. The fourth-order valence-electron chi connectivity index (χ4n) is 14.5. The summed E-state index contributed by atoms with van der Waals surface area (Å²) in [6.07, 6.45) is 2.93. The average Bonchev–Trinajstić information content (AvgIpc) is 1.60. The van der Waals surface area contributed by atoms with Gasteiger partial charge in [-0.2, -0.15) is 0 Å². The number of rotatable bonds is 47. The number of ether oxygens (including phenoxy) is 6. The molecule has 1 saturated heterocycles. The van der Waals surface area contributed by atoms with Crippen molar-refractivity contribution in [1.29, 1.82) is 0 Å². The van der Waals surface area contributed by atoms with E-state index in [0.717, 1.165) is 16.7 Å². The van der Waals surface area contributed by atoms with Gasteiger partial charge < -0.3 is 91.2 Å². The van der Waals surface area contributed by atoms with E-state index in [4.69, 9.17) is 34.2 Å². The van der Waals surface area contributed by atoms with Gasteiger partial charge >= 0.3 is 12.1 Å². The van der Waals surface area contributed by atoms with Crippen molar-refractivity contribution in [3.63, 3.8) is 0 Å². The summed E-state index contributed by atoms with van der Waals surface area (Å²) in [6.45, 7) is 20.2. The number of primary amides is 1. The van der Waals surface area contributed by atoms with Crippen molar-refractivity contribution in [1.82, 2.24) is 51.9 Å². The molecule has 6 rings (SSSR count).